The number of carbonyl (C=O) groups is 1. The van der Waals surface area contributed by atoms with Crippen LogP contribution in [0.2, 0.25) is 0 Å². The van der Waals surface area contributed by atoms with Crippen LogP contribution in [0, 0.1) is 0 Å². The maximum Gasteiger partial charge on any atom is 0.263 e. The number of ketones is 1. The van der Waals surface area contributed by atoms with Gasteiger partial charge in [0.05, 0.1) is 15.1 Å². The molecule has 0 unspecified atom stereocenters. The number of thiazole rings is 1. The number of hydrogen-bond donors (Lipinski definition) is 1. The van der Waals surface area contributed by atoms with Crippen LogP contribution in [0.1, 0.15) is 17.3 Å². The SMILES string of the molecule is CC(=O)c1ccc(S(=O)(=O)Nc2nc3c(ccc4ccccc43)s2)cc1. The second-order valence-corrected chi connectivity index (χ2v) is 8.55. The maximum absolute atomic E-state index is 12.6. The van der Waals surface area contributed by atoms with Crippen LogP contribution in [0.5, 0.6) is 0 Å². The van der Waals surface area contributed by atoms with Gasteiger partial charge < -0.3 is 0 Å². The Morgan fingerprint density at radius 1 is 1.00 bits per heavy atom. The number of aromatic nitrogens is 1. The molecule has 3 aromatic carbocycles. The van der Waals surface area contributed by atoms with Gasteiger partial charge in [-0.25, -0.2) is 13.4 Å². The minimum atomic E-state index is -3.77. The smallest absolute Gasteiger partial charge is 0.263 e. The van der Waals surface area contributed by atoms with Crippen molar-refractivity contribution in [2.75, 3.05) is 4.72 Å². The summed E-state index contributed by atoms with van der Waals surface area (Å²) in [5, 5.41) is 2.35. The van der Waals surface area contributed by atoms with Crippen LogP contribution in [0.3, 0.4) is 0 Å². The van der Waals surface area contributed by atoms with E-state index in [2.05, 4.69) is 9.71 Å². The van der Waals surface area contributed by atoms with Gasteiger partial charge in [0, 0.05) is 10.9 Å². The molecule has 4 rings (SSSR count). The molecule has 0 bridgehead atoms. The minimum absolute atomic E-state index is 0.0895. The first-order valence-corrected chi connectivity index (χ1v) is 10.2. The number of anilines is 1. The number of benzene rings is 3. The van der Waals surface area contributed by atoms with Crippen LogP contribution in [-0.2, 0) is 10.0 Å². The van der Waals surface area contributed by atoms with E-state index in [-0.39, 0.29) is 10.7 Å². The van der Waals surface area contributed by atoms with Crippen molar-refractivity contribution >= 4 is 53.3 Å². The summed E-state index contributed by atoms with van der Waals surface area (Å²) in [5.74, 6) is -0.111. The fourth-order valence-electron chi connectivity index (χ4n) is 2.75. The molecule has 1 aromatic heterocycles. The van der Waals surface area contributed by atoms with Gasteiger partial charge in [0.25, 0.3) is 10.0 Å². The third kappa shape index (κ3) is 2.95. The highest BCUT2D eigenvalue weighted by molar-refractivity contribution is 7.93. The van der Waals surface area contributed by atoms with Crippen molar-refractivity contribution in [1.82, 2.24) is 4.98 Å². The highest BCUT2D eigenvalue weighted by Crippen LogP contribution is 2.32. The van der Waals surface area contributed by atoms with Gasteiger partial charge in [0.1, 0.15) is 0 Å². The molecule has 4 aromatic rings. The molecule has 0 fully saturated rings. The standard InChI is InChI=1S/C19H14N2O3S2/c1-12(22)13-6-9-15(10-7-13)26(23,24)21-19-20-18-16-5-3-2-4-14(16)8-11-17(18)25-19/h2-11H,1H3,(H,20,21). The fourth-order valence-corrected chi connectivity index (χ4v) is 4.86. The van der Waals surface area contributed by atoms with E-state index in [0.717, 1.165) is 21.0 Å². The number of carbonyl (C=O) groups excluding carboxylic acids is 1. The molecule has 1 heterocycles. The van der Waals surface area contributed by atoms with Crippen molar-refractivity contribution in [3.8, 4) is 0 Å². The summed E-state index contributed by atoms with van der Waals surface area (Å²) in [6.45, 7) is 1.44. The van der Waals surface area contributed by atoms with Crippen molar-refractivity contribution in [2.24, 2.45) is 0 Å². The molecule has 0 spiro atoms. The van der Waals surface area contributed by atoms with Crippen LogP contribution in [0.4, 0.5) is 5.13 Å². The van der Waals surface area contributed by atoms with Crippen molar-refractivity contribution in [2.45, 2.75) is 11.8 Å². The van der Waals surface area contributed by atoms with Crippen LogP contribution in [0.25, 0.3) is 21.0 Å². The first-order valence-electron chi connectivity index (χ1n) is 7.86. The third-order valence-electron chi connectivity index (χ3n) is 4.08. The quantitative estimate of drug-likeness (QED) is 0.529. The number of Topliss-reactive ketones (excluding diaryl/α,β-unsaturated/α-hetero) is 1. The van der Waals surface area contributed by atoms with E-state index >= 15 is 0 Å². The van der Waals surface area contributed by atoms with Gasteiger partial charge in [-0.3, -0.25) is 9.52 Å². The van der Waals surface area contributed by atoms with Crippen molar-refractivity contribution < 1.29 is 13.2 Å². The maximum atomic E-state index is 12.6. The van der Waals surface area contributed by atoms with Gasteiger partial charge >= 0.3 is 0 Å². The first kappa shape index (κ1) is 16.7. The van der Waals surface area contributed by atoms with Crippen LogP contribution >= 0.6 is 11.3 Å². The Balaban J connectivity index is 1.71. The minimum Gasteiger partial charge on any atom is -0.295 e. The molecule has 0 saturated carbocycles. The number of hydrogen-bond acceptors (Lipinski definition) is 5. The molecule has 5 nitrogen and oxygen atoms in total. The van der Waals surface area contributed by atoms with E-state index in [4.69, 9.17) is 0 Å². The van der Waals surface area contributed by atoms with E-state index in [0.29, 0.717) is 10.7 Å². The zero-order valence-corrected chi connectivity index (χ0v) is 15.4. The highest BCUT2D eigenvalue weighted by atomic mass is 32.2. The van der Waals surface area contributed by atoms with E-state index in [1.807, 2.05) is 36.4 Å². The van der Waals surface area contributed by atoms with Crippen molar-refractivity contribution in [3.63, 3.8) is 0 Å². The molecule has 130 valence electrons. The van der Waals surface area contributed by atoms with Gasteiger partial charge in [0.15, 0.2) is 10.9 Å². The Labute approximate surface area is 154 Å². The predicted octanol–water partition coefficient (Wildman–Crippen LogP) is 4.45. The summed E-state index contributed by atoms with van der Waals surface area (Å²) in [4.78, 5) is 15.9. The summed E-state index contributed by atoms with van der Waals surface area (Å²) in [5.41, 5.74) is 1.24. The largest absolute Gasteiger partial charge is 0.295 e. The van der Waals surface area contributed by atoms with E-state index in [9.17, 15) is 13.2 Å². The zero-order valence-electron chi connectivity index (χ0n) is 13.8. The summed E-state index contributed by atoms with van der Waals surface area (Å²) in [6, 6.07) is 17.6. The number of rotatable bonds is 4. The normalized spacial score (nSPS) is 11.7. The Kier molecular flexibility index (Phi) is 3.97. The zero-order chi connectivity index (χ0) is 18.3. The molecule has 0 radical (unpaired) electrons. The van der Waals surface area contributed by atoms with E-state index in [1.54, 1.807) is 0 Å². The molecule has 0 aliphatic carbocycles. The number of nitrogens with one attached hydrogen (secondary N) is 1. The van der Waals surface area contributed by atoms with Crippen molar-refractivity contribution in [3.05, 3.63) is 66.2 Å². The highest BCUT2D eigenvalue weighted by Gasteiger charge is 2.17. The lowest BCUT2D eigenvalue weighted by molar-refractivity contribution is 0.101. The summed E-state index contributed by atoms with van der Waals surface area (Å²) >= 11 is 1.29. The first-order chi connectivity index (χ1) is 12.4. The lowest BCUT2D eigenvalue weighted by Gasteiger charge is -2.05. The van der Waals surface area contributed by atoms with Crippen LogP contribution in [0.15, 0.2) is 65.6 Å². The molecule has 0 amide bonds. The van der Waals surface area contributed by atoms with Gasteiger partial charge in [-0.15, -0.1) is 0 Å². The number of nitrogens with zero attached hydrogens (tertiary/aromatic N) is 1. The summed E-state index contributed by atoms with van der Waals surface area (Å²) in [7, 11) is -3.77. The van der Waals surface area contributed by atoms with Gasteiger partial charge in [0.2, 0.25) is 0 Å². The average Bonchev–Trinajstić information content (AvgIpc) is 3.04. The van der Waals surface area contributed by atoms with Crippen molar-refractivity contribution in [1.29, 1.82) is 0 Å². The summed E-state index contributed by atoms with van der Waals surface area (Å²) < 4.78 is 28.6. The second-order valence-electron chi connectivity index (χ2n) is 5.84. The molecule has 0 aliphatic heterocycles. The average molecular weight is 382 g/mol. The molecular weight excluding hydrogens is 368 g/mol. The molecule has 1 N–H and O–H groups in total. The molecular formula is C19H14N2O3S2. The number of sulfonamides is 1. The lowest BCUT2D eigenvalue weighted by atomic mass is 10.1. The Bertz CT molecular complexity index is 1240. The van der Waals surface area contributed by atoms with E-state index in [1.165, 1.54) is 42.5 Å². The molecule has 0 aliphatic rings. The number of fused-ring (bicyclic) bond motifs is 3. The van der Waals surface area contributed by atoms with Gasteiger partial charge in [-0.2, -0.15) is 0 Å². The predicted molar refractivity (Wildman–Crippen MR) is 104 cm³/mol. The molecule has 26 heavy (non-hydrogen) atoms. The molecule has 0 atom stereocenters. The van der Waals surface area contributed by atoms with Gasteiger partial charge in [-0.1, -0.05) is 53.8 Å². The van der Waals surface area contributed by atoms with Gasteiger partial charge in [-0.05, 0) is 30.5 Å². The van der Waals surface area contributed by atoms with E-state index < -0.39 is 10.0 Å². The molecule has 7 heteroatoms. The Hall–Kier alpha value is -2.77. The molecule has 0 saturated heterocycles. The Morgan fingerprint density at radius 2 is 1.73 bits per heavy atom. The van der Waals surface area contributed by atoms with Crippen LogP contribution < -0.4 is 4.72 Å². The van der Waals surface area contributed by atoms with Crippen LogP contribution in [-0.4, -0.2) is 19.2 Å². The third-order valence-corrected chi connectivity index (χ3v) is 6.50. The summed E-state index contributed by atoms with van der Waals surface area (Å²) in [6.07, 6.45) is 0. The lowest BCUT2D eigenvalue weighted by Crippen LogP contribution is -2.12. The Morgan fingerprint density at radius 3 is 2.46 bits per heavy atom. The fraction of sp³-hybridized carbons (Fsp3) is 0.0526. The monoisotopic (exact) mass is 382 g/mol. The topological polar surface area (TPSA) is 76.1 Å². The second kappa shape index (κ2) is 6.19.